The molecule has 0 aromatic heterocycles. The zero-order chi connectivity index (χ0) is 37.5. The van der Waals surface area contributed by atoms with Crippen LogP contribution in [0.5, 0.6) is 0 Å². The van der Waals surface area contributed by atoms with Gasteiger partial charge in [-0.2, -0.15) is 4.99 Å². The van der Waals surface area contributed by atoms with Crippen molar-refractivity contribution < 1.29 is 1.37 Å². The van der Waals surface area contributed by atoms with E-state index < -0.39 is 0 Å². The zero-order valence-electron chi connectivity index (χ0n) is 27.7. The number of nitrogen functional groups attached to an aromatic ring is 2. The monoisotopic (exact) mass is 871 g/mol. The van der Waals surface area contributed by atoms with Crippen molar-refractivity contribution in [2.45, 2.75) is 7.43 Å². The second-order valence-electron chi connectivity index (χ2n) is 10.3. The molecule has 0 spiro atoms. The van der Waals surface area contributed by atoms with Crippen molar-refractivity contribution in [2.75, 3.05) is 22.1 Å². The SMILES string of the molecule is C.Clc1cccc2c1N=C(Nc1ccccc1Br)Nc1ccccc1-2.Nc1ccccc1-c1cccc(Cl)c1N.S=C=Nc1ccccc1Br.[2H]C#C. The Morgan fingerprint density at radius 3 is 1.96 bits per heavy atom. The first-order valence-corrected chi connectivity index (χ1v) is 17.8. The average Bonchev–Trinajstić information content (AvgIpc) is 3.30. The van der Waals surface area contributed by atoms with E-state index in [0.717, 1.165) is 53.9 Å². The third-order valence-electron chi connectivity index (χ3n) is 7.13. The highest BCUT2D eigenvalue weighted by molar-refractivity contribution is 9.11. The number of fused-ring (bicyclic) bond motifs is 3. The van der Waals surface area contributed by atoms with E-state index in [4.69, 9.17) is 41.0 Å². The van der Waals surface area contributed by atoms with E-state index in [9.17, 15) is 0 Å². The summed E-state index contributed by atoms with van der Waals surface area (Å²) >= 11 is 23.7. The Balaban J connectivity index is 0.000000223. The first kappa shape index (κ1) is 39.9. The van der Waals surface area contributed by atoms with Gasteiger partial charge < -0.3 is 22.1 Å². The van der Waals surface area contributed by atoms with E-state index in [1.165, 1.54) is 6.40 Å². The summed E-state index contributed by atoms with van der Waals surface area (Å²) in [6.45, 7) is 0. The van der Waals surface area contributed by atoms with E-state index in [-0.39, 0.29) is 7.43 Å². The molecular weight excluding hydrogens is 839 g/mol. The number of para-hydroxylation sites is 6. The molecule has 0 fully saturated rings. The molecule has 0 unspecified atom stereocenters. The number of hydrogen-bond donors (Lipinski definition) is 4. The molecule has 1 aliphatic heterocycles. The molecule has 262 valence electrons. The summed E-state index contributed by atoms with van der Waals surface area (Å²) in [6.07, 6.45) is 5.76. The number of nitrogens with zero attached hydrogens (tertiary/aromatic N) is 2. The largest absolute Gasteiger partial charge is 0.398 e. The Hall–Kier alpha value is -4.91. The lowest BCUT2D eigenvalue weighted by Gasteiger charge is -2.13. The van der Waals surface area contributed by atoms with E-state index in [2.05, 4.69) is 77.4 Å². The predicted molar refractivity (Wildman–Crippen MR) is 237 cm³/mol. The molecule has 0 atom stereocenters. The maximum absolute atomic E-state index is 6.41. The Kier molecular flexibility index (Phi) is 16.0. The van der Waals surface area contributed by atoms with Crippen LogP contribution in [-0.4, -0.2) is 11.1 Å². The van der Waals surface area contributed by atoms with Gasteiger partial charge in [0, 0.05) is 42.6 Å². The summed E-state index contributed by atoms with van der Waals surface area (Å²) in [6, 6.07) is 42.6. The first-order valence-electron chi connectivity index (χ1n) is 15.5. The van der Waals surface area contributed by atoms with Crippen LogP contribution in [0.3, 0.4) is 0 Å². The van der Waals surface area contributed by atoms with Crippen LogP contribution in [0.2, 0.25) is 10.0 Å². The van der Waals surface area contributed by atoms with Gasteiger partial charge in [-0.25, -0.2) is 4.99 Å². The van der Waals surface area contributed by atoms with Gasteiger partial charge in [-0.3, -0.25) is 0 Å². The lowest BCUT2D eigenvalue weighted by Crippen LogP contribution is -2.21. The number of isothiocyanates is 1. The van der Waals surface area contributed by atoms with Gasteiger partial charge >= 0.3 is 0 Å². The molecule has 1 aliphatic rings. The number of hydrogen-bond acceptors (Lipinski definition) is 7. The number of aliphatic imine (C=N–C) groups is 2. The van der Waals surface area contributed by atoms with Crippen molar-refractivity contribution in [1.82, 2.24) is 0 Å². The minimum absolute atomic E-state index is 0. The minimum Gasteiger partial charge on any atom is -0.398 e. The van der Waals surface area contributed by atoms with Crippen LogP contribution in [0.4, 0.5) is 34.1 Å². The number of anilines is 4. The molecule has 1 heterocycles. The fourth-order valence-electron chi connectivity index (χ4n) is 4.80. The smallest absolute Gasteiger partial charge is 0.205 e. The van der Waals surface area contributed by atoms with Crippen molar-refractivity contribution in [3.8, 4) is 35.1 Å². The van der Waals surface area contributed by atoms with Gasteiger partial charge in [0.05, 0.1) is 38.0 Å². The van der Waals surface area contributed by atoms with Crippen LogP contribution in [0.25, 0.3) is 22.3 Å². The molecule has 0 saturated heterocycles. The molecule has 6 N–H and O–H groups in total. The fourth-order valence-corrected chi connectivity index (χ4v) is 6.04. The topological polar surface area (TPSA) is 101 Å². The molecule has 6 aromatic rings. The number of terminal acetylenes is 1. The maximum atomic E-state index is 6.41. The molecule has 6 aromatic carbocycles. The van der Waals surface area contributed by atoms with E-state index in [1.807, 2.05) is 121 Å². The lowest BCUT2D eigenvalue weighted by molar-refractivity contribution is 1.48. The fraction of sp³-hybridized carbons (Fsp3) is 0.0244. The number of rotatable bonds is 3. The number of benzene rings is 6. The van der Waals surface area contributed by atoms with Crippen molar-refractivity contribution in [2.24, 2.45) is 9.98 Å². The van der Waals surface area contributed by atoms with Crippen molar-refractivity contribution in [1.29, 1.82) is 0 Å². The summed E-state index contributed by atoms with van der Waals surface area (Å²) in [5.41, 5.74) is 20.4. The first-order chi connectivity index (χ1) is 25.2. The zero-order valence-corrected chi connectivity index (χ0v) is 32.2. The molecule has 0 bridgehead atoms. The molecule has 7 rings (SSSR count). The van der Waals surface area contributed by atoms with Gasteiger partial charge in [0.1, 0.15) is 1.37 Å². The van der Waals surface area contributed by atoms with Crippen LogP contribution >= 0.6 is 67.3 Å². The van der Waals surface area contributed by atoms with Gasteiger partial charge in [-0.05, 0) is 92.6 Å². The number of nitrogens with one attached hydrogen (secondary N) is 2. The molecule has 0 radical (unpaired) electrons. The van der Waals surface area contributed by atoms with E-state index >= 15 is 0 Å². The van der Waals surface area contributed by atoms with Crippen molar-refractivity contribution in [3.63, 3.8) is 0 Å². The van der Waals surface area contributed by atoms with E-state index in [1.54, 1.807) is 6.07 Å². The second kappa shape index (κ2) is 20.8. The highest BCUT2D eigenvalue weighted by Crippen LogP contribution is 2.42. The molecular formula is C41H34Br2Cl2N6S. The highest BCUT2D eigenvalue weighted by atomic mass is 79.9. The van der Waals surface area contributed by atoms with Crippen LogP contribution in [0, 0.1) is 12.8 Å². The number of guanidine groups is 1. The molecule has 11 heteroatoms. The predicted octanol–water partition coefficient (Wildman–Crippen LogP) is 13.5. The normalized spacial score (nSPS) is 10.4. The van der Waals surface area contributed by atoms with Crippen LogP contribution in [-0.2, 0) is 0 Å². The Labute approximate surface area is 338 Å². The minimum atomic E-state index is 0. The van der Waals surface area contributed by atoms with Gasteiger partial charge in [-0.15, -0.1) is 12.8 Å². The lowest BCUT2D eigenvalue weighted by atomic mass is 10.0. The van der Waals surface area contributed by atoms with Gasteiger partial charge in [0.25, 0.3) is 0 Å². The van der Waals surface area contributed by atoms with Crippen LogP contribution in [0.15, 0.2) is 152 Å². The molecule has 6 nitrogen and oxygen atoms in total. The summed E-state index contributed by atoms with van der Waals surface area (Å²) in [7, 11) is 0. The van der Waals surface area contributed by atoms with Crippen molar-refractivity contribution in [3.05, 3.63) is 152 Å². The molecule has 0 aliphatic carbocycles. The molecule has 52 heavy (non-hydrogen) atoms. The van der Waals surface area contributed by atoms with Gasteiger partial charge in [0.15, 0.2) is 0 Å². The third kappa shape index (κ3) is 10.8. The number of nitrogens with two attached hydrogens (primary N) is 2. The Morgan fingerprint density at radius 1 is 0.731 bits per heavy atom. The maximum Gasteiger partial charge on any atom is 0.205 e. The van der Waals surface area contributed by atoms with Gasteiger partial charge in [0.2, 0.25) is 5.96 Å². The average molecular weight is 875 g/mol. The summed E-state index contributed by atoms with van der Waals surface area (Å²) < 4.78 is 7.64. The Morgan fingerprint density at radius 2 is 1.29 bits per heavy atom. The molecule has 0 saturated carbocycles. The van der Waals surface area contributed by atoms with E-state index in [0.29, 0.717) is 27.4 Å². The van der Waals surface area contributed by atoms with Gasteiger partial charge in [-0.1, -0.05) is 116 Å². The third-order valence-corrected chi connectivity index (χ3v) is 9.22. The highest BCUT2D eigenvalue weighted by Gasteiger charge is 2.18. The standard InChI is InChI=1S/C19H13BrClN3.C12H11ClN2.C7H4BrNS.C2H2.CH4/c20-14-8-2-4-11-17(14)23-19-22-16-10-3-1-6-12(16)13-7-5-9-15(21)18(13)24-19;13-10-6-3-5-9(12(10)15)8-4-1-2-7-11(8)14;8-6-3-1-2-4-7(6)9-5-10;1-2;/h1-11H,(H2,22,23,24);1-7H,14-15H2;1-4H;1-2H;1H4/i;;;1D;. The number of thiocarbonyl (C=S) groups is 1. The summed E-state index contributed by atoms with van der Waals surface area (Å²) in [5, 5.41) is 10.2. The van der Waals surface area contributed by atoms with Crippen molar-refractivity contribution >= 4 is 113 Å². The van der Waals surface area contributed by atoms with Crippen LogP contribution in [0.1, 0.15) is 8.80 Å². The summed E-state index contributed by atoms with van der Waals surface area (Å²) in [5.74, 6) is 0.626. The molecule has 0 amide bonds. The summed E-state index contributed by atoms with van der Waals surface area (Å²) in [4.78, 5) is 8.56. The second-order valence-corrected chi connectivity index (χ2v) is 13.0. The number of halogens is 4. The van der Waals surface area contributed by atoms with Crippen LogP contribution < -0.4 is 22.1 Å². The quantitative estimate of drug-likeness (QED) is 0.0614. The Bertz CT molecular complexity index is 2290.